The molecule has 1 heterocycles. The topological polar surface area (TPSA) is 79.3 Å². The Morgan fingerprint density at radius 2 is 2.05 bits per heavy atom. The van der Waals surface area contributed by atoms with Gasteiger partial charge in [-0.15, -0.1) is 0 Å². The molecule has 0 spiro atoms. The molecule has 2 rings (SSSR count). The Hall–Kier alpha value is -1.62. The summed E-state index contributed by atoms with van der Waals surface area (Å²) < 4.78 is 0. The van der Waals surface area contributed by atoms with E-state index in [0.29, 0.717) is 12.1 Å². The molecule has 0 unspecified atom stereocenters. The number of nitrogens with one attached hydrogen (secondary N) is 1. The van der Waals surface area contributed by atoms with Crippen molar-refractivity contribution in [1.82, 2.24) is 10.3 Å². The van der Waals surface area contributed by atoms with Gasteiger partial charge in [0.1, 0.15) is 5.15 Å². The maximum atomic E-state index is 12.2. The number of carbonyl (C=O) groups is 2. The molecule has 0 aliphatic heterocycles. The van der Waals surface area contributed by atoms with Gasteiger partial charge in [-0.05, 0) is 30.4 Å². The van der Waals surface area contributed by atoms with Crippen molar-refractivity contribution in [2.24, 2.45) is 5.41 Å². The van der Waals surface area contributed by atoms with Crippen LogP contribution in [-0.4, -0.2) is 28.5 Å². The van der Waals surface area contributed by atoms with E-state index in [4.69, 9.17) is 16.7 Å². The van der Waals surface area contributed by atoms with Crippen LogP contribution in [-0.2, 0) is 4.79 Å². The molecule has 21 heavy (non-hydrogen) atoms. The van der Waals surface area contributed by atoms with Gasteiger partial charge in [0.05, 0.1) is 12.0 Å². The Bertz CT molecular complexity index is 527. The largest absolute Gasteiger partial charge is 0.481 e. The summed E-state index contributed by atoms with van der Waals surface area (Å²) >= 11 is 5.89. The second-order valence-corrected chi connectivity index (χ2v) is 6.01. The van der Waals surface area contributed by atoms with Gasteiger partial charge in [-0.25, -0.2) is 4.98 Å². The van der Waals surface area contributed by atoms with E-state index in [0.717, 1.165) is 32.1 Å². The van der Waals surface area contributed by atoms with Gasteiger partial charge in [-0.1, -0.05) is 30.9 Å². The first-order valence-electron chi connectivity index (χ1n) is 7.13. The number of hydrogen-bond donors (Lipinski definition) is 2. The highest BCUT2D eigenvalue weighted by molar-refractivity contribution is 6.32. The number of hydrogen-bond acceptors (Lipinski definition) is 3. The van der Waals surface area contributed by atoms with E-state index in [2.05, 4.69) is 10.3 Å². The van der Waals surface area contributed by atoms with Crippen LogP contribution >= 0.6 is 11.6 Å². The lowest BCUT2D eigenvalue weighted by Crippen LogP contribution is -2.40. The summed E-state index contributed by atoms with van der Waals surface area (Å²) in [6.07, 6.45) is 6.43. The molecule has 1 amide bonds. The Kier molecular flexibility index (Phi) is 5.17. The number of nitrogens with zero attached hydrogens (tertiary/aromatic N) is 1. The number of carbonyl (C=O) groups excluding carboxylic acids is 1. The minimum absolute atomic E-state index is 0.0913. The van der Waals surface area contributed by atoms with E-state index >= 15 is 0 Å². The van der Waals surface area contributed by atoms with Crippen LogP contribution in [0.15, 0.2) is 18.3 Å². The van der Waals surface area contributed by atoms with Crippen LogP contribution in [0.5, 0.6) is 0 Å². The van der Waals surface area contributed by atoms with E-state index in [1.54, 1.807) is 12.1 Å². The summed E-state index contributed by atoms with van der Waals surface area (Å²) in [5, 5.41) is 12.1. The Balaban J connectivity index is 2.03. The average Bonchev–Trinajstić information content (AvgIpc) is 2.46. The first-order valence-corrected chi connectivity index (χ1v) is 7.51. The molecule has 5 nitrogen and oxygen atoms in total. The van der Waals surface area contributed by atoms with Crippen LogP contribution in [0, 0.1) is 5.41 Å². The first kappa shape index (κ1) is 15.8. The summed E-state index contributed by atoms with van der Waals surface area (Å²) in [5.74, 6) is -1.12. The van der Waals surface area contributed by atoms with E-state index in [1.807, 2.05) is 0 Å². The van der Waals surface area contributed by atoms with Crippen molar-refractivity contribution in [3.8, 4) is 0 Å². The fraction of sp³-hybridized carbons (Fsp3) is 0.533. The molecule has 1 aliphatic carbocycles. The van der Waals surface area contributed by atoms with Crippen molar-refractivity contribution in [2.75, 3.05) is 6.54 Å². The lowest BCUT2D eigenvalue weighted by atomic mass is 9.71. The molecule has 1 fully saturated rings. The monoisotopic (exact) mass is 310 g/mol. The fourth-order valence-corrected chi connectivity index (χ4v) is 3.16. The van der Waals surface area contributed by atoms with Gasteiger partial charge >= 0.3 is 5.97 Å². The summed E-state index contributed by atoms with van der Waals surface area (Å²) in [7, 11) is 0. The second-order valence-electron chi connectivity index (χ2n) is 5.66. The van der Waals surface area contributed by atoms with Gasteiger partial charge in [0, 0.05) is 12.7 Å². The zero-order valence-corrected chi connectivity index (χ0v) is 12.5. The third-order valence-corrected chi connectivity index (χ3v) is 4.37. The molecule has 1 aliphatic rings. The van der Waals surface area contributed by atoms with Crippen molar-refractivity contribution >= 4 is 23.5 Å². The first-order chi connectivity index (χ1) is 10.0. The molecule has 6 heteroatoms. The van der Waals surface area contributed by atoms with Crippen LogP contribution in [0.25, 0.3) is 0 Å². The average molecular weight is 311 g/mol. The highest BCUT2D eigenvalue weighted by Crippen LogP contribution is 2.38. The summed E-state index contributed by atoms with van der Waals surface area (Å²) in [5.41, 5.74) is -0.0190. The molecule has 0 atom stereocenters. The molecule has 2 N–H and O–H groups in total. The molecular formula is C15H19ClN2O3. The lowest BCUT2D eigenvalue weighted by Gasteiger charge is -2.36. The second kappa shape index (κ2) is 6.89. The quantitative estimate of drug-likeness (QED) is 0.820. The lowest BCUT2D eigenvalue weighted by molar-refractivity contribution is -0.140. The summed E-state index contributed by atoms with van der Waals surface area (Å²) in [6.45, 7) is 0.364. The smallest absolute Gasteiger partial charge is 0.303 e. The molecule has 0 bridgehead atoms. The highest BCUT2D eigenvalue weighted by Gasteiger charge is 2.34. The summed E-state index contributed by atoms with van der Waals surface area (Å²) in [6, 6.07) is 3.25. The van der Waals surface area contributed by atoms with Crippen molar-refractivity contribution in [3.05, 3.63) is 29.0 Å². The van der Waals surface area contributed by atoms with Crippen LogP contribution in [0.4, 0.5) is 0 Å². The SMILES string of the molecule is O=C(O)CC1(CNC(=O)c2cccnc2Cl)CCCCC1. The molecular weight excluding hydrogens is 292 g/mol. The van der Waals surface area contributed by atoms with Gasteiger partial charge in [0.25, 0.3) is 5.91 Å². The third-order valence-electron chi connectivity index (χ3n) is 4.07. The van der Waals surface area contributed by atoms with E-state index in [1.165, 1.54) is 6.20 Å². The van der Waals surface area contributed by atoms with Gasteiger partial charge < -0.3 is 10.4 Å². The molecule has 0 saturated heterocycles. The number of rotatable bonds is 5. The molecule has 1 aromatic rings. The number of pyridine rings is 1. The van der Waals surface area contributed by atoms with E-state index in [9.17, 15) is 9.59 Å². The maximum Gasteiger partial charge on any atom is 0.303 e. The number of carboxylic acids is 1. The van der Waals surface area contributed by atoms with Gasteiger partial charge in [0.15, 0.2) is 0 Å². The van der Waals surface area contributed by atoms with Crippen molar-refractivity contribution < 1.29 is 14.7 Å². The molecule has 0 aromatic carbocycles. The van der Waals surface area contributed by atoms with Crippen LogP contribution in [0.2, 0.25) is 5.15 Å². The summed E-state index contributed by atoms with van der Waals surface area (Å²) in [4.78, 5) is 27.1. The van der Waals surface area contributed by atoms with Gasteiger partial charge in [-0.3, -0.25) is 9.59 Å². The normalized spacial score (nSPS) is 17.2. The number of aliphatic carboxylic acids is 1. The number of halogens is 1. The Morgan fingerprint density at radius 1 is 1.33 bits per heavy atom. The minimum Gasteiger partial charge on any atom is -0.481 e. The number of carboxylic acid groups (broad SMARTS) is 1. The van der Waals surface area contributed by atoms with Gasteiger partial charge in [-0.2, -0.15) is 0 Å². The van der Waals surface area contributed by atoms with Crippen LogP contribution in [0.1, 0.15) is 48.9 Å². The zero-order chi connectivity index (χ0) is 15.3. The molecule has 0 radical (unpaired) electrons. The Labute approximate surface area is 128 Å². The number of amides is 1. The van der Waals surface area contributed by atoms with Gasteiger partial charge in [0.2, 0.25) is 0 Å². The van der Waals surface area contributed by atoms with Crippen LogP contribution in [0.3, 0.4) is 0 Å². The molecule has 1 saturated carbocycles. The fourth-order valence-electron chi connectivity index (χ4n) is 2.96. The van der Waals surface area contributed by atoms with Crippen LogP contribution < -0.4 is 5.32 Å². The third kappa shape index (κ3) is 4.17. The predicted molar refractivity (Wildman–Crippen MR) is 79.4 cm³/mol. The standard InChI is InChI=1S/C15H19ClN2O3/c16-13-11(5-4-8-17-13)14(21)18-10-15(9-12(19)20)6-2-1-3-7-15/h4-5,8H,1-3,6-7,9-10H2,(H,18,21)(H,19,20). The highest BCUT2D eigenvalue weighted by atomic mass is 35.5. The maximum absolute atomic E-state index is 12.2. The molecule has 1 aromatic heterocycles. The van der Waals surface area contributed by atoms with E-state index < -0.39 is 5.97 Å². The van der Waals surface area contributed by atoms with E-state index in [-0.39, 0.29) is 22.9 Å². The zero-order valence-electron chi connectivity index (χ0n) is 11.8. The molecule has 114 valence electrons. The van der Waals surface area contributed by atoms with Crippen molar-refractivity contribution in [3.63, 3.8) is 0 Å². The minimum atomic E-state index is -0.814. The predicted octanol–water partition coefficient (Wildman–Crippen LogP) is 2.89. The van der Waals surface area contributed by atoms with Crippen molar-refractivity contribution in [2.45, 2.75) is 38.5 Å². The number of aromatic nitrogens is 1. The van der Waals surface area contributed by atoms with Crippen molar-refractivity contribution in [1.29, 1.82) is 0 Å². The Morgan fingerprint density at radius 3 is 2.67 bits per heavy atom.